The Morgan fingerprint density at radius 1 is 0.971 bits per heavy atom. The summed E-state index contributed by atoms with van der Waals surface area (Å²) in [6.07, 6.45) is 0. The lowest BCUT2D eigenvalue weighted by Gasteiger charge is -2.46. The standard InChI is InChI=1S/C25H21N5O4S/c1-3-34-24(31)23-27-29(19-13-15-20(16-14-19)30(32)33)25(35-23)22-12-8-7-11-21(22)17(2)26-28(25)18-9-5-4-6-10-18/h4-16H,3H2,1-2H3/t25-/m0/s1. The van der Waals surface area contributed by atoms with Gasteiger partial charge in [-0.2, -0.15) is 10.2 Å². The van der Waals surface area contributed by atoms with Crippen LogP contribution in [0.4, 0.5) is 17.1 Å². The Balaban J connectivity index is 1.76. The molecule has 0 amide bonds. The number of esters is 1. The summed E-state index contributed by atoms with van der Waals surface area (Å²) in [5, 5.41) is 24.6. The molecule has 0 fully saturated rings. The first-order valence-electron chi connectivity index (χ1n) is 11.0. The number of hydrogen-bond donors (Lipinski definition) is 0. The van der Waals surface area contributed by atoms with Crippen LogP contribution in [0.15, 0.2) is 89.1 Å². The van der Waals surface area contributed by atoms with Gasteiger partial charge >= 0.3 is 5.97 Å². The van der Waals surface area contributed by atoms with Gasteiger partial charge < -0.3 is 4.74 Å². The van der Waals surface area contributed by atoms with Gasteiger partial charge in [-0.25, -0.2) is 14.8 Å². The Hall–Kier alpha value is -4.18. The first-order chi connectivity index (χ1) is 17.0. The van der Waals surface area contributed by atoms with Gasteiger partial charge in [0.05, 0.1) is 28.6 Å². The highest BCUT2D eigenvalue weighted by atomic mass is 32.2. The van der Waals surface area contributed by atoms with E-state index in [1.54, 1.807) is 24.1 Å². The summed E-state index contributed by atoms with van der Waals surface area (Å²) in [6, 6.07) is 23.5. The maximum atomic E-state index is 12.9. The van der Waals surface area contributed by atoms with E-state index in [0.29, 0.717) is 5.69 Å². The zero-order valence-electron chi connectivity index (χ0n) is 19.0. The number of para-hydroxylation sites is 1. The van der Waals surface area contributed by atoms with Crippen LogP contribution < -0.4 is 10.0 Å². The molecule has 0 aromatic heterocycles. The smallest absolute Gasteiger partial charge is 0.365 e. The van der Waals surface area contributed by atoms with E-state index in [0.717, 1.165) is 22.5 Å². The molecule has 2 aliphatic heterocycles. The summed E-state index contributed by atoms with van der Waals surface area (Å²) in [7, 11) is 0. The highest BCUT2D eigenvalue weighted by molar-refractivity contribution is 8.16. The van der Waals surface area contributed by atoms with Crippen LogP contribution >= 0.6 is 11.8 Å². The molecule has 35 heavy (non-hydrogen) atoms. The van der Waals surface area contributed by atoms with Crippen LogP contribution in [-0.2, 0) is 14.5 Å². The Labute approximate surface area is 205 Å². The molecule has 1 spiro atoms. The number of carbonyl (C=O) groups is 1. The second kappa shape index (κ2) is 8.88. The second-order valence-corrected chi connectivity index (χ2v) is 8.96. The molecule has 1 atom stereocenters. The number of hydrazone groups is 2. The van der Waals surface area contributed by atoms with E-state index < -0.39 is 15.9 Å². The fraction of sp³-hybridized carbons (Fsp3) is 0.160. The number of nitro benzene ring substituents is 1. The maximum Gasteiger partial charge on any atom is 0.365 e. The van der Waals surface area contributed by atoms with Crippen LogP contribution in [0.2, 0.25) is 0 Å². The van der Waals surface area contributed by atoms with Crippen molar-refractivity contribution in [2.75, 3.05) is 16.6 Å². The summed E-state index contributed by atoms with van der Waals surface area (Å²) >= 11 is 1.23. The van der Waals surface area contributed by atoms with E-state index in [2.05, 4.69) is 5.10 Å². The Kier molecular flexibility index (Phi) is 5.73. The van der Waals surface area contributed by atoms with Gasteiger partial charge in [0.1, 0.15) is 0 Å². The number of carbonyl (C=O) groups excluding carboxylic acids is 1. The third-order valence-electron chi connectivity index (χ3n) is 5.68. The molecule has 0 bridgehead atoms. The van der Waals surface area contributed by atoms with E-state index in [1.807, 2.05) is 66.5 Å². The predicted molar refractivity (Wildman–Crippen MR) is 136 cm³/mol. The lowest BCUT2D eigenvalue weighted by Crippen LogP contribution is -2.53. The normalized spacial score (nSPS) is 18.7. The summed E-state index contributed by atoms with van der Waals surface area (Å²) in [6.45, 7) is 3.88. The predicted octanol–water partition coefficient (Wildman–Crippen LogP) is 5.08. The van der Waals surface area contributed by atoms with E-state index in [9.17, 15) is 14.9 Å². The molecular weight excluding hydrogens is 466 g/mol. The van der Waals surface area contributed by atoms with Crippen LogP contribution in [-0.4, -0.2) is 28.3 Å². The third kappa shape index (κ3) is 3.71. The molecule has 5 rings (SSSR count). The van der Waals surface area contributed by atoms with Crippen molar-refractivity contribution < 1.29 is 14.5 Å². The van der Waals surface area contributed by atoms with E-state index in [-0.39, 0.29) is 17.3 Å². The molecule has 2 heterocycles. The number of hydrogen-bond acceptors (Lipinski definition) is 9. The number of ether oxygens (including phenoxy) is 1. The number of fused-ring (bicyclic) bond motifs is 2. The van der Waals surface area contributed by atoms with Crippen molar-refractivity contribution in [2.45, 2.75) is 18.8 Å². The minimum atomic E-state index is -1.12. The van der Waals surface area contributed by atoms with Gasteiger partial charge in [-0.15, -0.1) is 0 Å². The molecule has 0 saturated heterocycles. The molecule has 9 nitrogen and oxygen atoms in total. The van der Waals surface area contributed by atoms with Gasteiger partial charge in [0.15, 0.2) is 0 Å². The lowest BCUT2D eigenvalue weighted by molar-refractivity contribution is -0.384. The van der Waals surface area contributed by atoms with Crippen LogP contribution in [0, 0.1) is 10.1 Å². The van der Waals surface area contributed by atoms with Gasteiger partial charge in [0, 0.05) is 23.3 Å². The summed E-state index contributed by atoms with van der Waals surface area (Å²) in [5.74, 6) is -0.543. The average Bonchev–Trinajstić information content (AvgIpc) is 3.28. The Morgan fingerprint density at radius 2 is 1.60 bits per heavy atom. The summed E-state index contributed by atoms with van der Waals surface area (Å²) < 4.78 is 5.28. The first-order valence-corrected chi connectivity index (χ1v) is 11.8. The SMILES string of the molecule is CCOC(=O)C1=NN(c2ccc([N+](=O)[O-])cc2)[C@]2(S1)c1ccccc1C(C)=NN2c1ccccc1. The largest absolute Gasteiger partial charge is 0.461 e. The molecule has 0 N–H and O–H groups in total. The van der Waals surface area contributed by atoms with Gasteiger partial charge in [0.2, 0.25) is 10.0 Å². The number of anilines is 2. The molecule has 0 saturated carbocycles. The van der Waals surface area contributed by atoms with Crippen LogP contribution in [0.5, 0.6) is 0 Å². The fourth-order valence-corrected chi connectivity index (χ4v) is 5.44. The average molecular weight is 488 g/mol. The van der Waals surface area contributed by atoms with Crippen LogP contribution in [0.3, 0.4) is 0 Å². The molecular formula is C25H21N5O4S. The van der Waals surface area contributed by atoms with Crippen molar-refractivity contribution in [1.29, 1.82) is 0 Å². The monoisotopic (exact) mass is 487 g/mol. The molecule has 10 heteroatoms. The van der Waals surface area contributed by atoms with Gasteiger partial charge in [0.25, 0.3) is 5.69 Å². The quantitative estimate of drug-likeness (QED) is 0.281. The number of nitro groups is 1. The van der Waals surface area contributed by atoms with E-state index in [1.165, 1.54) is 23.9 Å². The van der Waals surface area contributed by atoms with Crippen LogP contribution in [0.1, 0.15) is 25.0 Å². The zero-order chi connectivity index (χ0) is 24.6. The molecule has 3 aromatic rings. The Bertz CT molecular complexity index is 1360. The molecule has 3 aromatic carbocycles. The number of rotatable bonds is 5. The van der Waals surface area contributed by atoms with Crippen molar-refractivity contribution in [3.05, 3.63) is 100 Å². The van der Waals surface area contributed by atoms with Crippen molar-refractivity contribution in [3.63, 3.8) is 0 Å². The number of nitrogens with zero attached hydrogens (tertiary/aromatic N) is 5. The van der Waals surface area contributed by atoms with Crippen molar-refractivity contribution >= 4 is 45.5 Å². The Morgan fingerprint density at radius 3 is 2.29 bits per heavy atom. The van der Waals surface area contributed by atoms with Crippen LogP contribution in [0.25, 0.3) is 0 Å². The highest BCUT2D eigenvalue weighted by Crippen LogP contribution is 2.54. The highest BCUT2D eigenvalue weighted by Gasteiger charge is 2.56. The molecule has 176 valence electrons. The van der Waals surface area contributed by atoms with E-state index >= 15 is 0 Å². The topological polar surface area (TPSA) is 101 Å². The van der Waals surface area contributed by atoms with Gasteiger partial charge in [-0.05, 0) is 49.9 Å². The first kappa shape index (κ1) is 22.6. The van der Waals surface area contributed by atoms with Gasteiger partial charge in [-0.3, -0.25) is 10.1 Å². The van der Waals surface area contributed by atoms with Crippen molar-refractivity contribution in [2.24, 2.45) is 10.2 Å². The molecule has 0 radical (unpaired) electrons. The number of thioether (sulfide) groups is 1. The second-order valence-electron chi connectivity index (χ2n) is 7.80. The molecule has 2 aliphatic rings. The molecule has 0 unspecified atom stereocenters. The number of non-ortho nitro benzene ring substituents is 1. The van der Waals surface area contributed by atoms with Crippen molar-refractivity contribution in [3.8, 4) is 0 Å². The zero-order valence-corrected chi connectivity index (χ0v) is 19.8. The minimum absolute atomic E-state index is 0.0397. The molecule has 0 aliphatic carbocycles. The summed E-state index contributed by atoms with van der Waals surface area (Å²) in [4.78, 5) is 22.6. The summed E-state index contributed by atoms with van der Waals surface area (Å²) in [5.41, 5.74) is 3.92. The number of benzene rings is 3. The third-order valence-corrected chi connectivity index (χ3v) is 6.97. The van der Waals surface area contributed by atoms with Gasteiger partial charge in [-0.1, -0.05) is 42.5 Å². The fourth-order valence-electron chi connectivity index (χ4n) is 4.15. The van der Waals surface area contributed by atoms with Crippen molar-refractivity contribution in [1.82, 2.24) is 0 Å². The minimum Gasteiger partial charge on any atom is -0.461 e. The van der Waals surface area contributed by atoms with E-state index in [4.69, 9.17) is 9.84 Å². The maximum absolute atomic E-state index is 12.9. The lowest BCUT2D eigenvalue weighted by atomic mass is 9.98.